The molecule has 2 nitrogen and oxygen atoms in total. The van der Waals surface area contributed by atoms with Crippen LogP contribution in [-0.4, -0.2) is 0 Å². The van der Waals surface area contributed by atoms with Crippen molar-refractivity contribution in [1.82, 2.24) is 0 Å². The molecule has 78 valence electrons. The first-order valence-electron chi connectivity index (χ1n) is 5.10. The standard InChI is InChI=1S/C14H10O2/c1-2-6-12-11(4-1)5-3-7-13(12)14-10-15-8-9-16-14/h1-10H. The topological polar surface area (TPSA) is 18.5 Å². The summed E-state index contributed by atoms with van der Waals surface area (Å²) in [6.07, 6.45) is 4.66. The second kappa shape index (κ2) is 3.74. The summed E-state index contributed by atoms with van der Waals surface area (Å²) in [7, 11) is 0. The Hall–Kier alpha value is -2.22. The molecule has 0 aromatic heterocycles. The van der Waals surface area contributed by atoms with Gasteiger partial charge in [0.25, 0.3) is 0 Å². The van der Waals surface area contributed by atoms with Crippen molar-refractivity contribution >= 4 is 16.5 Å². The quantitative estimate of drug-likeness (QED) is 0.715. The summed E-state index contributed by atoms with van der Waals surface area (Å²) in [6, 6.07) is 14.3. The van der Waals surface area contributed by atoms with Gasteiger partial charge in [-0.05, 0) is 10.8 Å². The minimum atomic E-state index is 0.735. The van der Waals surface area contributed by atoms with E-state index in [0.29, 0.717) is 0 Å². The maximum atomic E-state index is 5.43. The predicted octanol–water partition coefficient (Wildman–Crippen LogP) is 3.66. The van der Waals surface area contributed by atoms with Gasteiger partial charge < -0.3 is 9.47 Å². The third-order valence-corrected chi connectivity index (χ3v) is 2.56. The minimum Gasteiger partial charge on any atom is -0.465 e. The molecule has 2 aromatic rings. The first-order chi connectivity index (χ1) is 7.95. The van der Waals surface area contributed by atoms with Crippen LogP contribution in [0.15, 0.2) is 61.3 Å². The number of hydrogen-bond acceptors (Lipinski definition) is 2. The van der Waals surface area contributed by atoms with Crippen molar-refractivity contribution in [2.24, 2.45) is 0 Å². The van der Waals surface area contributed by atoms with Crippen molar-refractivity contribution in [3.8, 4) is 0 Å². The molecule has 1 heterocycles. The fourth-order valence-corrected chi connectivity index (χ4v) is 1.83. The minimum absolute atomic E-state index is 0.735. The molecular formula is C14H10O2. The Balaban J connectivity index is 2.20. The highest BCUT2D eigenvalue weighted by Crippen LogP contribution is 2.27. The van der Waals surface area contributed by atoms with Gasteiger partial charge in [0.1, 0.15) is 18.8 Å². The van der Waals surface area contributed by atoms with E-state index in [1.807, 2.05) is 24.3 Å². The van der Waals surface area contributed by atoms with Crippen molar-refractivity contribution in [2.75, 3.05) is 0 Å². The van der Waals surface area contributed by atoms with Crippen LogP contribution in [0.25, 0.3) is 16.5 Å². The smallest absolute Gasteiger partial charge is 0.169 e. The van der Waals surface area contributed by atoms with Gasteiger partial charge in [-0.2, -0.15) is 0 Å². The fraction of sp³-hybridized carbons (Fsp3) is 0. The Kier molecular flexibility index (Phi) is 2.11. The average Bonchev–Trinajstić information content (AvgIpc) is 2.39. The first-order valence-corrected chi connectivity index (χ1v) is 5.10. The molecule has 0 saturated carbocycles. The summed E-state index contributed by atoms with van der Waals surface area (Å²) in [5, 5.41) is 2.36. The number of benzene rings is 2. The molecule has 3 rings (SSSR count). The normalized spacial score (nSPS) is 14.1. The van der Waals surface area contributed by atoms with Crippen molar-refractivity contribution in [1.29, 1.82) is 0 Å². The molecule has 16 heavy (non-hydrogen) atoms. The molecule has 2 heteroatoms. The van der Waals surface area contributed by atoms with Crippen molar-refractivity contribution in [2.45, 2.75) is 0 Å². The van der Waals surface area contributed by atoms with Gasteiger partial charge in [0.2, 0.25) is 0 Å². The molecule has 0 aliphatic carbocycles. The number of fused-ring (bicyclic) bond motifs is 1. The van der Waals surface area contributed by atoms with Gasteiger partial charge in [-0.3, -0.25) is 0 Å². The summed E-state index contributed by atoms with van der Waals surface area (Å²) in [5.74, 6) is 0.735. The number of ether oxygens (including phenoxy) is 2. The summed E-state index contributed by atoms with van der Waals surface area (Å²) in [5.41, 5.74) is 1.04. The SMILES string of the molecule is C1=COC(c2cccc3ccccc23)=CO1. The van der Waals surface area contributed by atoms with Crippen LogP contribution in [0.4, 0.5) is 0 Å². The third-order valence-electron chi connectivity index (χ3n) is 2.56. The van der Waals surface area contributed by atoms with Crippen LogP contribution in [0.3, 0.4) is 0 Å². The van der Waals surface area contributed by atoms with Gasteiger partial charge in [-0.25, -0.2) is 0 Å². The van der Waals surface area contributed by atoms with Crippen molar-refractivity contribution in [3.63, 3.8) is 0 Å². The molecule has 0 spiro atoms. The van der Waals surface area contributed by atoms with Gasteiger partial charge in [0.15, 0.2) is 5.76 Å². The lowest BCUT2D eigenvalue weighted by atomic mass is 10.0. The van der Waals surface area contributed by atoms with E-state index in [0.717, 1.165) is 16.7 Å². The van der Waals surface area contributed by atoms with Crippen LogP contribution in [0, 0.1) is 0 Å². The molecule has 1 aliphatic rings. The van der Waals surface area contributed by atoms with Gasteiger partial charge in [-0.15, -0.1) is 0 Å². The Bertz CT molecular complexity index is 577. The Morgan fingerprint density at radius 1 is 0.812 bits per heavy atom. The zero-order chi connectivity index (χ0) is 10.8. The third kappa shape index (κ3) is 1.44. The van der Waals surface area contributed by atoms with Crippen LogP contribution in [-0.2, 0) is 9.47 Å². The molecule has 0 amide bonds. The lowest BCUT2D eigenvalue weighted by molar-refractivity contribution is 0.312. The van der Waals surface area contributed by atoms with E-state index in [9.17, 15) is 0 Å². The lowest BCUT2D eigenvalue weighted by Gasteiger charge is -2.12. The van der Waals surface area contributed by atoms with Crippen LogP contribution in [0.1, 0.15) is 5.56 Å². The second-order valence-electron chi connectivity index (χ2n) is 3.53. The first kappa shape index (κ1) is 9.04. The second-order valence-corrected chi connectivity index (χ2v) is 3.53. The molecule has 0 bridgehead atoms. The molecule has 0 atom stereocenters. The van der Waals surface area contributed by atoms with Gasteiger partial charge in [-0.1, -0.05) is 42.5 Å². The van der Waals surface area contributed by atoms with Crippen LogP contribution in [0.5, 0.6) is 0 Å². The zero-order valence-corrected chi connectivity index (χ0v) is 8.59. The summed E-state index contributed by atoms with van der Waals surface area (Å²) in [4.78, 5) is 0. The maximum absolute atomic E-state index is 5.43. The number of rotatable bonds is 1. The molecule has 0 fully saturated rings. The highest BCUT2D eigenvalue weighted by Gasteiger charge is 2.08. The van der Waals surface area contributed by atoms with Crippen molar-refractivity contribution < 1.29 is 9.47 Å². The van der Waals surface area contributed by atoms with Gasteiger partial charge in [0, 0.05) is 5.56 Å². The Morgan fingerprint density at radius 2 is 1.69 bits per heavy atom. The van der Waals surface area contributed by atoms with Gasteiger partial charge >= 0.3 is 0 Å². The van der Waals surface area contributed by atoms with Crippen LogP contribution in [0.2, 0.25) is 0 Å². The molecule has 2 aromatic carbocycles. The molecule has 0 saturated heterocycles. The molecule has 0 radical (unpaired) electrons. The molecule has 1 aliphatic heterocycles. The Morgan fingerprint density at radius 3 is 2.56 bits per heavy atom. The average molecular weight is 210 g/mol. The predicted molar refractivity (Wildman–Crippen MR) is 63.2 cm³/mol. The van der Waals surface area contributed by atoms with E-state index in [1.54, 1.807) is 6.26 Å². The molecule has 0 N–H and O–H groups in total. The van der Waals surface area contributed by atoms with Crippen LogP contribution >= 0.6 is 0 Å². The Labute approximate surface area is 93.4 Å². The molecule has 0 unspecified atom stereocenters. The summed E-state index contributed by atoms with van der Waals surface area (Å²) < 4.78 is 10.5. The van der Waals surface area contributed by atoms with Crippen LogP contribution < -0.4 is 0 Å². The summed E-state index contributed by atoms with van der Waals surface area (Å²) >= 11 is 0. The van der Waals surface area contributed by atoms with E-state index < -0.39 is 0 Å². The zero-order valence-electron chi connectivity index (χ0n) is 8.59. The highest BCUT2D eigenvalue weighted by molar-refractivity contribution is 5.92. The van der Waals surface area contributed by atoms with Gasteiger partial charge in [0.05, 0.1) is 0 Å². The van der Waals surface area contributed by atoms with E-state index in [4.69, 9.17) is 9.47 Å². The van der Waals surface area contributed by atoms with E-state index in [2.05, 4.69) is 18.2 Å². The van der Waals surface area contributed by atoms with E-state index in [1.165, 1.54) is 17.9 Å². The maximum Gasteiger partial charge on any atom is 0.169 e. The highest BCUT2D eigenvalue weighted by atomic mass is 16.5. The molecular weight excluding hydrogens is 200 g/mol. The lowest BCUT2D eigenvalue weighted by Crippen LogP contribution is -1.92. The fourth-order valence-electron chi connectivity index (χ4n) is 1.83. The van der Waals surface area contributed by atoms with E-state index >= 15 is 0 Å². The summed E-state index contributed by atoms with van der Waals surface area (Å²) in [6.45, 7) is 0. The van der Waals surface area contributed by atoms with Crippen molar-refractivity contribution in [3.05, 3.63) is 66.8 Å². The van der Waals surface area contributed by atoms with E-state index in [-0.39, 0.29) is 0 Å². The number of hydrogen-bond donors (Lipinski definition) is 0. The largest absolute Gasteiger partial charge is 0.465 e. The monoisotopic (exact) mass is 210 g/mol.